The first-order valence-corrected chi connectivity index (χ1v) is 3.68. The van der Waals surface area contributed by atoms with E-state index in [4.69, 9.17) is 5.73 Å². The largest absolute Gasteiger partial charge is 0.385 e. The highest BCUT2D eigenvalue weighted by molar-refractivity contribution is 5.66. The van der Waals surface area contributed by atoms with Crippen molar-refractivity contribution in [2.24, 2.45) is 0 Å². The van der Waals surface area contributed by atoms with E-state index >= 15 is 0 Å². The van der Waals surface area contributed by atoms with E-state index in [9.17, 15) is 0 Å². The van der Waals surface area contributed by atoms with Crippen LogP contribution in [0.2, 0.25) is 0 Å². The lowest BCUT2D eigenvalue weighted by Gasteiger charge is -1.88. The third-order valence-corrected chi connectivity index (χ3v) is 1.52. The summed E-state index contributed by atoms with van der Waals surface area (Å²) >= 11 is 0. The summed E-state index contributed by atoms with van der Waals surface area (Å²) in [5, 5.41) is 0. The molecule has 12 heavy (non-hydrogen) atoms. The average Bonchev–Trinajstić information content (AvgIpc) is 2.42. The lowest BCUT2D eigenvalue weighted by molar-refractivity contribution is 1.38. The van der Waals surface area contributed by atoms with Crippen LogP contribution in [0, 0.1) is 0 Å². The minimum absolute atomic E-state index is 0.647. The molecule has 0 saturated carbocycles. The summed E-state index contributed by atoms with van der Waals surface area (Å²) in [5.74, 6) is 0.647. The molecule has 0 aliphatic rings. The highest BCUT2D eigenvalue weighted by Crippen LogP contribution is 2.14. The second-order valence-corrected chi connectivity index (χ2v) is 2.39. The maximum atomic E-state index is 5.56. The third-order valence-electron chi connectivity index (χ3n) is 1.52. The van der Waals surface area contributed by atoms with Crippen molar-refractivity contribution < 1.29 is 0 Å². The Hall–Kier alpha value is -1.70. The van der Waals surface area contributed by atoms with E-state index in [1.54, 1.807) is 12.2 Å². The van der Waals surface area contributed by atoms with Crippen molar-refractivity contribution >= 4 is 18.0 Å². The molecule has 1 aromatic rings. The predicted octanol–water partition coefficient (Wildman–Crippen LogP) is 2.44. The summed E-state index contributed by atoms with van der Waals surface area (Å²) in [5.41, 5.74) is 7.53. The molecule has 0 atom stereocenters. The molecule has 0 spiro atoms. The normalized spacial score (nSPS) is 10.3. The van der Waals surface area contributed by atoms with Crippen LogP contribution in [-0.2, 0) is 0 Å². The lowest BCUT2D eigenvalue weighted by Crippen LogP contribution is -1.81. The van der Waals surface area contributed by atoms with Gasteiger partial charge in [-0.1, -0.05) is 31.4 Å². The second kappa shape index (κ2) is 3.62. The van der Waals surface area contributed by atoms with Gasteiger partial charge in [0.1, 0.15) is 5.82 Å². The summed E-state index contributed by atoms with van der Waals surface area (Å²) in [4.78, 5) is 3.00. The van der Waals surface area contributed by atoms with Crippen LogP contribution >= 0.6 is 0 Å². The first-order valence-electron chi connectivity index (χ1n) is 3.68. The molecule has 0 unspecified atom stereocenters. The molecule has 2 heteroatoms. The number of nitrogens with one attached hydrogen (secondary N) is 1. The smallest absolute Gasteiger partial charge is 0.101 e. The van der Waals surface area contributed by atoms with Crippen LogP contribution in [0.3, 0.4) is 0 Å². The molecule has 1 aromatic heterocycles. The summed E-state index contributed by atoms with van der Waals surface area (Å²) in [6.45, 7) is 7.26. The van der Waals surface area contributed by atoms with Crippen LogP contribution in [0.1, 0.15) is 11.3 Å². The molecule has 2 nitrogen and oxygen atoms in total. The summed E-state index contributed by atoms with van der Waals surface area (Å²) < 4.78 is 0. The van der Waals surface area contributed by atoms with Crippen molar-refractivity contribution in [1.29, 1.82) is 0 Å². The van der Waals surface area contributed by atoms with Crippen molar-refractivity contribution in [1.82, 2.24) is 4.98 Å². The first-order chi connectivity index (χ1) is 5.77. The van der Waals surface area contributed by atoms with Crippen LogP contribution in [-0.4, -0.2) is 4.98 Å². The minimum atomic E-state index is 0.647. The summed E-state index contributed by atoms with van der Waals surface area (Å²) in [6, 6.07) is 1.84. The van der Waals surface area contributed by atoms with E-state index in [0.29, 0.717) is 5.82 Å². The number of anilines is 1. The van der Waals surface area contributed by atoms with Crippen LogP contribution < -0.4 is 5.73 Å². The fraction of sp³-hybridized carbons (Fsp3) is 0. The molecular formula is C10H12N2. The molecule has 0 aromatic carbocycles. The maximum Gasteiger partial charge on any atom is 0.101 e. The highest BCUT2D eigenvalue weighted by atomic mass is 14.8. The molecule has 0 aliphatic heterocycles. The Morgan fingerprint density at radius 2 is 2.17 bits per heavy atom. The highest BCUT2D eigenvalue weighted by Gasteiger charge is 1.98. The number of aromatic amines is 1. The molecular weight excluding hydrogens is 148 g/mol. The van der Waals surface area contributed by atoms with E-state index in [0.717, 1.165) is 11.3 Å². The number of aromatic nitrogens is 1. The molecule has 62 valence electrons. The lowest BCUT2D eigenvalue weighted by atomic mass is 10.2. The topological polar surface area (TPSA) is 41.8 Å². The number of nitrogens with two attached hydrogens (primary N) is 1. The molecule has 1 rings (SSSR count). The molecule has 0 bridgehead atoms. The van der Waals surface area contributed by atoms with Crippen molar-refractivity contribution in [3.05, 3.63) is 42.6 Å². The molecule has 0 saturated heterocycles. The van der Waals surface area contributed by atoms with E-state index in [2.05, 4.69) is 18.1 Å². The van der Waals surface area contributed by atoms with Gasteiger partial charge in [-0.2, -0.15) is 0 Å². The first kappa shape index (κ1) is 8.40. The van der Waals surface area contributed by atoms with Crippen LogP contribution in [0.25, 0.3) is 12.2 Å². The quantitative estimate of drug-likeness (QED) is 0.655. The van der Waals surface area contributed by atoms with Gasteiger partial charge in [0, 0.05) is 11.3 Å². The predicted molar refractivity (Wildman–Crippen MR) is 54.5 cm³/mol. The van der Waals surface area contributed by atoms with Crippen LogP contribution in [0.5, 0.6) is 0 Å². The fourth-order valence-electron chi connectivity index (χ4n) is 0.980. The zero-order valence-corrected chi connectivity index (χ0v) is 6.88. The number of nitrogen functional groups attached to an aromatic ring is 1. The Bertz CT molecular complexity index is 319. The Labute approximate surface area is 72.1 Å². The Balaban J connectivity index is 3.04. The molecule has 3 N–H and O–H groups in total. The van der Waals surface area contributed by atoms with Gasteiger partial charge in [0.25, 0.3) is 0 Å². The molecule has 0 radical (unpaired) electrons. The standard InChI is InChI=1S/C10H12N2/c1-3-5-6-9-8(4-2)7-10(11)12-9/h3-7,12H,1-2,11H2/b6-5-. The van der Waals surface area contributed by atoms with Crippen molar-refractivity contribution in [3.63, 3.8) is 0 Å². The van der Waals surface area contributed by atoms with Gasteiger partial charge >= 0.3 is 0 Å². The SMILES string of the molecule is C=C/C=C\c1[nH]c(N)cc1C=C. The third kappa shape index (κ3) is 1.66. The van der Waals surface area contributed by atoms with Crippen LogP contribution in [0.4, 0.5) is 5.82 Å². The Morgan fingerprint density at radius 1 is 1.42 bits per heavy atom. The van der Waals surface area contributed by atoms with E-state index in [-0.39, 0.29) is 0 Å². The number of hydrogen-bond acceptors (Lipinski definition) is 1. The number of hydrogen-bond donors (Lipinski definition) is 2. The van der Waals surface area contributed by atoms with Gasteiger partial charge < -0.3 is 10.7 Å². The van der Waals surface area contributed by atoms with Gasteiger partial charge in [-0.3, -0.25) is 0 Å². The van der Waals surface area contributed by atoms with Gasteiger partial charge in [0.2, 0.25) is 0 Å². The fourth-order valence-corrected chi connectivity index (χ4v) is 0.980. The van der Waals surface area contributed by atoms with Gasteiger partial charge in [-0.25, -0.2) is 0 Å². The molecule has 0 aliphatic carbocycles. The van der Waals surface area contributed by atoms with E-state index < -0.39 is 0 Å². The average molecular weight is 160 g/mol. The van der Waals surface area contributed by atoms with Gasteiger partial charge in [0.15, 0.2) is 0 Å². The maximum absolute atomic E-state index is 5.56. The molecule has 0 amide bonds. The summed E-state index contributed by atoms with van der Waals surface area (Å²) in [6.07, 6.45) is 7.22. The van der Waals surface area contributed by atoms with Crippen molar-refractivity contribution in [3.8, 4) is 0 Å². The van der Waals surface area contributed by atoms with Gasteiger partial charge in [0.05, 0.1) is 0 Å². The number of H-pyrrole nitrogens is 1. The second-order valence-electron chi connectivity index (χ2n) is 2.39. The number of allylic oxidation sites excluding steroid dienone is 2. The van der Waals surface area contributed by atoms with E-state index in [1.807, 2.05) is 18.2 Å². The Morgan fingerprint density at radius 3 is 2.75 bits per heavy atom. The molecule has 1 heterocycles. The monoisotopic (exact) mass is 160 g/mol. The van der Waals surface area contributed by atoms with Crippen molar-refractivity contribution in [2.45, 2.75) is 0 Å². The van der Waals surface area contributed by atoms with Crippen LogP contribution in [0.15, 0.2) is 31.4 Å². The van der Waals surface area contributed by atoms with Crippen molar-refractivity contribution in [2.75, 3.05) is 5.73 Å². The Kier molecular flexibility index (Phi) is 2.53. The minimum Gasteiger partial charge on any atom is -0.385 e. The van der Waals surface area contributed by atoms with E-state index in [1.165, 1.54) is 0 Å². The summed E-state index contributed by atoms with van der Waals surface area (Å²) in [7, 11) is 0. The molecule has 0 fully saturated rings. The number of rotatable bonds is 3. The van der Waals surface area contributed by atoms with Gasteiger partial charge in [-0.15, -0.1) is 0 Å². The zero-order valence-electron chi connectivity index (χ0n) is 6.88. The zero-order chi connectivity index (χ0) is 8.97. The van der Waals surface area contributed by atoms with Gasteiger partial charge in [-0.05, 0) is 12.1 Å².